The molecule has 0 aromatic heterocycles. The summed E-state index contributed by atoms with van der Waals surface area (Å²) in [6, 6.07) is 0. The summed E-state index contributed by atoms with van der Waals surface area (Å²) in [7, 11) is 0. The van der Waals surface area contributed by atoms with E-state index in [2.05, 4.69) is 20.8 Å². The van der Waals surface area contributed by atoms with Gasteiger partial charge in [-0.2, -0.15) is 0 Å². The van der Waals surface area contributed by atoms with Gasteiger partial charge in [-0.15, -0.1) is 0 Å². The van der Waals surface area contributed by atoms with E-state index >= 15 is 0 Å². The van der Waals surface area contributed by atoms with Gasteiger partial charge in [0.25, 0.3) is 0 Å². The second-order valence-electron chi connectivity index (χ2n) is 5.73. The van der Waals surface area contributed by atoms with Crippen LogP contribution in [0.5, 0.6) is 0 Å². The Labute approximate surface area is 98.5 Å². The summed E-state index contributed by atoms with van der Waals surface area (Å²) >= 11 is 0. The zero-order chi connectivity index (χ0) is 12.3. The lowest BCUT2D eigenvalue weighted by molar-refractivity contribution is -0.0766. The minimum atomic E-state index is -0.989. The van der Waals surface area contributed by atoms with Gasteiger partial charge >= 0.3 is 0 Å². The van der Waals surface area contributed by atoms with Crippen LogP contribution in [0.3, 0.4) is 0 Å². The van der Waals surface area contributed by atoms with Crippen molar-refractivity contribution in [2.75, 3.05) is 6.61 Å². The second-order valence-corrected chi connectivity index (χ2v) is 5.73. The molecule has 1 fully saturated rings. The van der Waals surface area contributed by atoms with Gasteiger partial charge in [0.2, 0.25) is 0 Å². The van der Waals surface area contributed by atoms with Gasteiger partial charge in [0.15, 0.2) is 0 Å². The molecule has 0 radical (unpaired) electrons. The molecule has 3 nitrogen and oxygen atoms in total. The predicted molar refractivity (Wildman–Crippen MR) is 63.9 cm³/mol. The lowest BCUT2D eigenvalue weighted by Crippen LogP contribution is -2.43. The number of hydrogen-bond acceptors (Lipinski definition) is 3. The molecule has 16 heavy (non-hydrogen) atoms. The van der Waals surface area contributed by atoms with Gasteiger partial charge in [-0.05, 0) is 36.5 Å². The summed E-state index contributed by atoms with van der Waals surface area (Å²) in [6.45, 7) is 6.19. The molecule has 0 heterocycles. The molecule has 5 unspecified atom stereocenters. The number of aliphatic hydroxyl groups is 3. The monoisotopic (exact) mass is 230 g/mol. The fraction of sp³-hybridized carbons (Fsp3) is 1.00. The van der Waals surface area contributed by atoms with E-state index in [1.165, 1.54) is 6.42 Å². The standard InChI is InChI=1S/C13H26O3/c1-8(2)10-5-4-9(3)6-11(10)13(16)12(15)7-14/h8-16H,4-7H2,1-3H3. The van der Waals surface area contributed by atoms with Crippen LogP contribution in [0.2, 0.25) is 0 Å². The van der Waals surface area contributed by atoms with E-state index in [0.717, 1.165) is 12.8 Å². The van der Waals surface area contributed by atoms with Crippen LogP contribution in [0, 0.1) is 23.7 Å². The molecule has 0 saturated heterocycles. The molecule has 1 saturated carbocycles. The maximum atomic E-state index is 10.1. The Morgan fingerprint density at radius 3 is 2.25 bits per heavy atom. The molecule has 0 amide bonds. The van der Waals surface area contributed by atoms with Crippen LogP contribution in [0.15, 0.2) is 0 Å². The fourth-order valence-electron chi connectivity index (χ4n) is 3.06. The molecule has 96 valence electrons. The summed E-state index contributed by atoms with van der Waals surface area (Å²) in [6.07, 6.45) is 1.53. The van der Waals surface area contributed by atoms with Crippen LogP contribution in [0.25, 0.3) is 0 Å². The molecule has 3 heteroatoms. The first-order chi connectivity index (χ1) is 7.47. The van der Waals surface area contributed by atoms with Gasteiger partial charge in [-0.3, -0.25) is 0 Å². The molecule has 1 rings (SSSR count). The zero-order valence-electron chi connectivity index (χ0n) is 10.6. The third kappa shape index (κ3) is 3.19. The van der Waals surface area contributed by atoms with E-state index in [4.69, 9.17) is 5.11 Å². The molecule has 0 aromatic carbocycles. The fourth-order valence-corrected chi connectivity index (χ4v) is 3.06. The smallest absolute Gasteiger partial charge is 0.103 e. The van der Waals surface area contributed by atoms with E-state index in [-0.39, 0.29) is 12.5 Å². The van der Waals surface area contributed by atoms with Gasteiger partial charge in [0.05, 0.1) is 12.7 Å². The third-order valence-electron chi connectivity index (χ3n) is 4.09. The first kappa shape index (κ1) is 13.9. The largest absolute Gasteiger partial charge is 0.394 e. The molecule has 1 aliphatic carbocycles. The van der Waals surface area contributed by atoms with E-state index in [9.17, 15) is 10.2 Å². The van der Waals surface area contributed by atoms with Crippen LogP contribution in [-0.2, 0) is 0 Å². The molecule has 0 aromatic rings. The average Bonchev–Trinajstić information content (AvgIpc) is 2.26. The summed E-state index contributed by atoms with van der Waals surface area (Å²) in [5, 5.41) is 28.6. The number of hydrogen-bond donors (Lipinski definition) is 3. The number of rotatable bonds is 4. The van der Waals surface area contributed by atoms with Crippen LogP contribution in [0.4, 0.5) is 0 Å². The molecular formula is C13H26O3. The van der Waals surface area contributed by atoms with Crippen LogP contribution >= 0.6 is 0 Å². The van der Waals surface area contributed by atoms with Crippen molar-refractivity contribution < 1.29 is 15.3 Å². The summed E-state index contributed by atoms with van der Waals surface area (Å²) < 4.78 is 0. The molecule has 3 N–H and O–H groups in total. The number of aliphatic hydroxyl groups excluding tert-OH is 3. The molecule has 0 bridgehead atoms. The van der Waals surface area contributed by atoms with E-state index in [0.29, 0.717) is 17.8 Å². The van der Waals surface area contributed by atoms with Gasteiger partial charge in [0, 0.05) is 0 Å². The predicted octanol–water partition coefficient (Wildman–Crippen LogP) is 1.41. The van der Waals surface area contributed by atoms with Crippen molar-refractivity contribution in [3.8, 4) is 0 Å². The summed E-state index contributed by atoms with van der Waals surface area (Å²) in [5.74, 6) is 1.73. The highest BCUT2D eigenvalue weighted by Crippen LogP contribution is 2.40. The molecular weight excluding hydrogens is 204 g/mol. The van der Waals surface area contributed by atoms with Crippen molar-refractivity contribution in [3.63, 3.8) is 0 Å². The van der Waals surface area contributed by atoms with Crippen molar-refractivity contribution >= 4 is 0 Å². The lowest BCUT2D eigenvalue weighted by Gasteiger charge is -2.41. The first-order valence-electron chi connectivity index (χ1n) is 6.44. The summed E-state index contributed by atoms with van der Waals surface area (Å²) in [4.78, 5) is 0. The van der Waals surface area contributed by atoms with Gasteiger partial charge in [-0.25, -0.2) is 0 Å². The highest BCUT2D eigenvalue weighted by Gasteiger charge is 2.37. The van der Waals surface area contributed by atoms with Gasteiger partial charge in [-0.1, -0.05) is 27.2 Å². The molecule has 5 atom stereocenters. The summed E-state index contributed by atoms with van der Waals surface area (Å²) in [5.41, 5.74) is 0. The van der Waals surface area contributed by atoms with E-state index < -0.39 is 12.2 Å². The Hall–Kier alpha value is -0.120. The Morgan fingerprint density at radius 2 is 1.75 bits per heavy atom. The highest BCUT2D eigenvalue weighted by atomic mass is 16.4. The van der Waals surface area contributed by atoms with Crippen molar-refractivity contribution in [1.29, 1.82) is 0 Å². The van der Waals surface area contributed by atoms with Crippen molar-refractivity contribution in [3.05, 3.63) is 0 Å². The Balaban J connectivity index is 2.70. The van der Waals surface area contributed by atoms with Crippen molar-refractivity contribution in [2.45, 2.75) is 52.2 Å². The lowest BCUT2D eigenvalue weighted by atomic mass is 9.67. The molecule has 1 aliphatic rings. The Morgan fingerprint density at radius 1 is 1.12 bits per heavy atom. The Kier molecular flexibility index (Phi) is 5.22. The normalized spacial score (nSPS) is 35.1. The van der Waals surface area contributed by atoms with E-state index in [1.54, 1.807) is 0 Å². The van der Waals surface area contributed by atoms with Crippen LogP contribution in [0.1, 0.15) is 40.0 Å². The topological polar surface area (TPSA) is 60.7 Å². The van der Waals surface area contributed by atoms with E-state index in [1.807, 2.05) is 0 Å². The Bertz CT molecular complexity index is 205. The van der Waals surface area contributed by atoms with Crippen LogP contribution < -0.4 is 0 Å². The van der Waals surface area contributed by atoms with Crippen LogP contribution in [-0.4, -0.2) is 34.1 Å². The third-order valence-corrected chi connectivity index (χ3v) is 4.09. The van der Waals surface area contributed by atoms with Crippen molar-refractivity contribution in [1.82, 2.24) is 0 Å². The average molecular weight is 230 g/mol. The molecule has 0 aliphatic heterocycles. The highest BCUT2D eigenvalue weighted by molar-refractivity contribution is 4.87. The van der Waals surface area contributed by atoms with Gasteiger partial charge in [0.1, 0.15) is 6.10 Å². The maximum absolute atomic E-state index is 10.1. The maximum Gasteiger partial charge on any atom is 0.103 e. The van der Waals surface area contributed by atoms with Crippen molar-refractivity contribution in [2.24, 2.45) is 23.7 Å². The quantitative estimate of drug-likeness (QED) is 0.684. The van der Waals surface area contributed by atoms with Gasteiger partial charge < -0.3 is 15.3 Å². The second kappa shape index (κ2) is 5.99. The minimum absolute atomic E-state index is 0.130. The molecule has 0 spiro atoms. The first-order valence-corrected chi connectivity index (χ1v) is 6.44. The zero-order valence-corrected chi connectivity index (χ0v) is 10.6. The SMILES string of the molecule is CC1CCC(C(C)C)C(C(O)C(O)CO)C1. The minimum Gasteiger partial charge on any atom is -0.394 e.